The number of amides is 2. The molecule has 0 aliphatic carbocycles. The van der Waals surface area contributed by atoms with Gasteiger partial charge in [0.1, 0.15) is 34.6 Å². The molecule has 1 aromatic rings. The number of hydrogen-bond acceptors (Lipinski definition) is 9. The molecule has 4 bridgehead atoms. The smallest absolute Gasteiger partial charge is 0.409 e. The van der Waals surface area contributed by atoms with Crippen LogP contribution >= 0.6 is 11.6 Å². The number of carboxylic acid groups (broad SMARTS) is 1. The van der Waals surface area contributed by atoms with Crippen molar-refractivity contribution in [3.63, 3.8) is 0 Å². The number of epoxide rings is 1. The molecule has 7 atom stereocenters. The van der Waals surface area contributed by atoms with Crippen LogP contribution in [-0.2, 0) is 30.2 Å². The van der Waals surface area contributed by atoms with E-state index in [1.807, 2.05) is 39.0 Å². The summed E-state index contributed by atoms with van der Waals surface area (Å²) in [6, 6.07) is 2.74. The fourth-order valence-electron chi connectivity index (χ4n) is 6.86. The van der Waals surface area contributed by atoms with Gasteiger partial charge in [0.05, 0.1) is 18.4 Å². The average Bonchev–Trinajstić information content (AvgIpc) is 3.59. The van der Waals surface area contributed by atoms with Gasteiger partial charge in [0.25, 0.3) is 0 Å². The average molecular weight is 664 g/mol. The second kappa shape index (κ2) is 13.5. The molecule has 2 amide bonds. The fourth-order valence-corrected chi connectivity index (χ4v) is 7.17. The summed E-state index contributed by atoms with van der Waals surface area (Å²) >= 11 is 6.68. The first-order chi connectivity index (χ1) is 21.5. The van der Waals surface area contributed by atoms with Crippen molar-refractivity contribution in [1.29, 1.82) is 0 Å². The Balaban J connectivity index is 1.82. The highest BCUT2D eigenvalue weighted by Gasteiger charge is 2.71. The lowest BCUT2D eigenvalue weighted by Gasteiger charge is -2.43. The molecule has 3 N–H and O–H groups in total. The molecule has 0 saturated carbocycles. The van der Waals surface area contributed by atoms with Crippen molar-refractivity contribution in [2.75, 3.05) is 40.3 Å². The second-order valence-corrected chi connectivity index (χ2v) is 13.4. The summed E-state index contributed by atoms with van der Waals surface area (Å²) in [5.41, 5.74) is -1.56. The van der Waals surface area contributed by atoms with Gasteiger partial charge >= 0.3 is 12.1 Å². The number of benzene rings is 1. The highest BCUT2D eigenvalue weighted by molar-refractivity contribution is 6.35. The van der Waals surface area contributed by atoms with Crippen molar-refractivity contribution >= 4 is 35.3 Å². The maximum atomic E-state index is 13.7. The third-order valence-corrected chi connectivity index (χ3v) is 10.2. The Morgan fingerprint density at radius 2 is 1.98 bits per heavy atom. The summed E-state index contributed by atoms with van der Waals surface area (Å²) in [5.74, 6) is -1.40. The number of aliphatic carboxylic acids is 1. The molecule has 3 aliphatic heterocycles. The summed E-state index contributed by atoms with van der Waals surface area (Å²) in [4.78, 5) is 42.0. The summed E-state index contributed by atoms with van der Waals surface area (Å²) in [7, 11) is 7.94. The van der Waals surface area contributed by atoms with Crippen LogP contribution in [0.25, 0.3) is 0 Å². The molecule has 0 aromatic heterocycles. The van der Waals surface area contributed by atoms with E-state index < -0.39 is 53.2 Å². The lowest BCUT2D eigenvalue weighted by atomic mass is 9.73. The zero-order chi connectivity index (χ0) is 34.2. The molecule has 0 unspecified atom stereocenters. The number of carbonyl (C=O) groups is 3. The minimum atomic E-state index is -1.83. The lowest BCUT2D eigenvalue weighted by molar-refractivity contribution is -0.149. The maximum absolute atomic E-state index is 13.7. The van der Waals surface area contributed by atoms with Crippen LogP contribution in [0, 0.1) is 5.92 Å². The van der Waals surface area contributed by atoms with E-state index in [1.54, 1.807) is 38.2 Å². The van der Waals surface area contributed by atoms with E-state index in [-0.39, 0.29) is 31.6 Å². The van der Waals surface area contributed by atoms with Crippen LogP contribution < -0.4 is 15.0 Å². The van der Waals surface area contributed by atoms with Gasteiger partial charge < -0.3 is 34.1 Å². The molecule has 12 nitrogen and oxygen atoms in total. The lowest BCUT2D eigenvalue weighted by Crippen LogP contribution is -2.64. The van der Waals surface area contributed by atoms with Crippen molar-refractivity contribution in [2.45, 2.75) is 88.1 Å². The number of likely N-dealkylation sites (N-methyl/N-ethyl adjacent to an activating group) is 1. The molecular formula is C33H46ClN3O9. The Hall–Kier alpha value is -3.16. The van der Waals surface area contributed by atoms with Crippen LogP contribution in [0.1, 0.15) is 52.0 Å². The van der Waals surface area contributed by atoms with Crippen LogP contribution in [0.15, 0.2) is 35.9 Å². The van der Waals surface area contributed by atoms with Gasteiger partial charge in [0.15, 0.2) is 5.72 Å². The van der Waals surface area contributed by atoms with Gasteiger partial charge in [0.2, 0.25) is 5.91 Å². The summed E-state index contributed by atoms with van der Waals surface area (Å²) < 4.78 is 23.4. The number of nitrogens with zero attached hydrogens (tertiary/aromatic N) is 2. The van der Waals surface area contributed by atoms with E-state index in [1.165, 1.54) is 19.1 Å². The normalized spacial score (nSPS) is 34.5. The topological polar surface area (TPSA) is 150 Å². The van der Waals surface area contributed by atoms with Crippen molar-refractivity contribution in [3.05, 3.63) is 46.5 Å². The molecule has 3 aliphatic rings. The Bertz CT molecular complexity index is 1420. The van der Waals surface area contributed by atoms with Gasteiger partial charge in [-0.3, -0.25) is 19.8 Å². The number of carboxylic acids is 1. The maximum Gasteiger partial charge on any atom is 0.409 e. The van der Waals surface area contributed by atoms with E-state index in [2.05, 4.69) is 5.32 Å². The zero-order valence-electron chi connectivity index (χ0n) is 27.8. The summed E-state index contributed by atoms with van der Waals surface area (Å²) in [6.45, 7) is 5.60. The first-order valence-electron chi connectivity index (χ1n) is 15.3. The number of rotatable bonds is 6. The van der Waals surface area contributed by atoms with Crippen LogP contribution in [0.4, 0.5) is 10.5 Å². The van der Waals surface area contributed by atoms with Gasteiger partial charge in [-0.1, -0.05) is 42.3 Å². The first-order valence-corrected chi connectivity index (χ1v) is 15.7. The standard InChI is InChI=1S/C33H46ClN3O9/c1-19-10-9-11-26(44-8)33(42)18-25(45-30(41)35-33)20(2)32(17-23(29(39)40)36(4)5)31(3,46-32)13-12-27(38)37(6)22-15-21(14-19)16-24(43-7)28(22)34/h9-11,15-16,20,23,25-26,42H,12-14,17-18H2,1-8H3,(H,35,41)(H,39,40)/b11-9+,19-10+/t20-,23+,25+,26-,31+,32+,33+/m1/s1. The van der Waals surface area contributed by atoms with Crippen LogP contribution in [0.5, 0.6) is 5.75 Å². The zero-order valence-corrected chi connectivity index (χ0v) is 28.5. The number of methoxy groups -OCH3 is 2. The molecule has 2 saturated heterocycles. The van der Waals surface area contributed by atoms with Crippen LogP contribution in [-0.4, -0.2) is 104 Å². The minimum absolute atomic E-state index is 0.0552. The molecule has 254 valence electrons. The van der Waals surface area contributed by atoms with Gasteiger partial charge in [-0.25, -0.2) is 4.79 Å². The van der Waals surface area contributed by atoms with Gasteiger partial charge in [-0.15, -0.1) is 0 Å². The van der Waals surface area contributed by atoms with Crippen molar-refractivity contribution in [1.82, 2.24) is 10.2 Å². The number of ether oxygens (including phenoxy) is 4. The number of fused-ring (bicyclic) bond motifs is 5. The monoisotopic (exact) mass is 663 g/mol. The fraction of sp³-hybridized carbons (Fsp3) is 0.606. The highest BCUT2D eigenvalue weighted by atomic mass is 35.5. The van der Waals surface area contributed by atoms with Crippen LogP contribution in [0.3, 0.4) is 0 Å². The van der Waals surface area contributed by atoms with Gasteiger partial charge in [0, 0.05) is 39.3 Å². The van der Waals surface area contributed by atoms with E-state index in [0.717, 1.165) is 11.1 Å². The summed E-state index contributed by atoms with van der Waals surface area (Å²) in [5, 5.41) is 24.7. The van der Waals surface area contributed by atoms with E-state index >= 15 is 0 Å². The Morgan fingerprint density at radius 3 is 2.59 bits per heavy atom. The minimum Gasteiger partial charge on any atom is -0.495 e. The Morgan fingerprint density at radius 1 is 1.28 bits per heavy atom. The Kier molecular flexibility index (Phi) is 10.5. The first kappa shape index (κ1) is 35.7. The predicted molar refractivity (Wildman–Crippen MR) is 172 cm³/mol. The molecule has 0 radical (unpaired) electrons. The SMILES string of the molecule is COc1cc2cc(c1Cl)N(C)C(=O)CC[C@]1(C)O[C@@]1(C[C@@H](C(=O)O)N(C)C)[C@H](C)[C@@H]1C[C@@](O)(NC(=O)O1)[C@H](OC)/C=C/C=C(\C)C2. The third-order valence-electron chi connectivity index (χ3n) is 9.77. The number of allylic oxidation sites excluding steroid dienone is 3. The molecule has 2 fully saturated rings. The summed E-state index contributed by atoms with van der Waals surface area (Å²) in [6.07, 6.45) is 3.47. The van der Waals surface area contributed by atoms with Gasteiger partial charge in [-0.05, 0) is 58.5 Å². The number of halogens is 1. The number of carbonyl (C=O) groups excluding carboxylic acids is 2. The number of nitrogens with one attached hydrogen (secondary N) is 1. The molecule has 46 heavy (non-hydrogen) atoms. The molecular weight excluding hydrogens is 618 g/mol. The molecule has 3 heterocycles. The van der Waals surface area contributed by atoms with Crippen molar-refractivity contribution < 1.29 is 43.5 Å². The molecule has 13 heteroatoms. The Labute approximate surface area is 275 Å². The van der Waals surface area contributed by atoms with Crippen molar-refractivity contribution in [2.24, 2.45) is 5.92 Å². The number of alkyl carbamates (subject to hydrolysis) is 1. The molecule has 1 aromatic carbocycles. The predicted octanol–water partition coefficient (Wildman–Crippen LogP) is 3.92. The number of hydrogen-bond donors (Lipinski definition) is 3. The number of anilines is 1. The van der Waals surface area contributed by atoms with Crippen LogP contribution in [0.2, 0.25) is 5.02 Å². The van der Waals surface area contributed by atoms with E-state index in [9.17, 15) is 24.6 Å². The van der Waals surface area contributed by atoms with Gasteiger partial charge in [-0.2, -0.15) is 0 Å². The van der Waals surface area contributed by atoms with Crippen molar-refractivity contribution in [3.8, 4) is 5.75 Å². The highest BCUT2D eigenvalue weighted by Crippen LogP contribution is 2.60. The number of aliphatic hydroxyl groups is 1. The van der Waals surface area contributed by atoms with E-state index in [4.69, 9.17) is 30.5 Å². The quantitative estimate of drug-likeness (QED) is 0.382. The van der Waals surface area contributed by atoms with E-state index in [0.29, 0.717) is 22.9 Å². The third kappa shape index (κ3) is 6.91. The molecule has 0 spiro atoms. The molecule has 4 rings (SSSR count). The second-order valence-electron chi connectivity index (χ2n) is 13.0. The largest absolute Gasteiger partial charge is 0.495 e.